The molecule has 0 spiro atoms. The van der Waals surface area contributed by atoms with Gasteiger partial charge in [0.1, 0.15) is 0 Å². The van der Waals surface area contributed by atoms with Crippen molar-refractivity contribution < 1.29 is 19.1 Å². The molecule has 9 heteroatoms. The van der Waals surface area contributed by atoms with E-state index < -0.39 is 12.0 Å². The van der Waals surface area contributed by atoms with E-state index in [0.29, 0.717) is 50.5 Å². The molecule has 0 bridgehead atoms. The Morgan fingerprint density at radius 1 is 1.15 bits per heavy atom. The van der Waals surface area contributed by atoms with Crippen molar-refractivity contribution in [1.29, 1.82) is 0 Å². The third kappa shape index (κ3) is 5.47. The van der Waals surface area contributed by atoms with Crippen LogP contribution >= 0.6 is 0 Å². The lowest BCUT2D eigenvalue weighted by atomic mass is 9.90. The number of likely N-dealkylation sites (N-methyl/N-ethyl adjacent to an activating group) is 1. The molecule has 1 unspecified atom stereocenters. The van der Waals surface area contributed by atoms with E-state index in [1.807, 2.05) is 39.0 Å². The van der Waals surface area contributed by atoms with Crippen LogP contribution in [-0.2, 0) is 9.53 Å². The smallest absolute Gasteiger partial charge is 0.338 e. The first kappa shape index (κ1) is 24.6. The zero-order chi connectivity index (χ0) is 24.1. The summed E-state index contributed by atoms with van der Waals surface area (Å²) in [6, 6.07) is 5.11. The number of carbonyl (C=O) groups is 3. The lowest BCUT2D eigenvalue weighted by Gasteiger charge is -2.39. The lowest BCUT2D eigenvalue weighted by molar-refractivity contribution is -0.139. The summed E-state index contributed by atoms with van der Waals surface area (Å²) >= 11 is 0. The largest absolute Gasteiger partial charge is 0.463 e. The fourth-order valence-corrected chi connectivity index (χ4v) is 4.29. The van der Waals surface area contributed by atoms with E-state index in [1.165, 1.54) is 4.90 Å². The Hall–Kier alpha value is -3.07. The van der Waals surface area contributed by atoms with Crippen LogP contribution in [0.4, 0.5) is 9.59 Å². The van der Waals surface area contributed by atoms with Gasteiger partial charge in [-0.1, -0.05) is 23.8 Å². The standard InChI is InChI=1S/C24H35N5O4/c1-6-25-23(31)29-12-10-28(11-13-29)15-19-20(22(30)33-7-2)21(26-24(32)27(19)5)18-14-16(3)8-9-17(18)4/h8-9,14,21H,6-7,10-13,15H2,1-5H3,(H,25,31)(H,26,32). The van der Waals surface area contributed by atoms with E-state index in [0.717, 1.165) is 16.7 Å². The highest BCUT2D eigenvalue weighted by molar-refractivity contribution is 5.95. The number of aryl methyl sites for hydroxylation is 2. The molecule has 0 radical (unpaired) electrons. The van der Waals surface area contributed by atoms with Gasteiger partial charge in [0.2, 0.25) is 0 Å². The topological polar surface area (TPSA) is 94.2 Å². The number of ether oxygens (including phenoxy) is 1. The number of piperazine rings is 1. The first-order valence-corrected chi connectivity index (χ1v) is 11.5. The third-order valence-electron chi connectivity index (χ3n) is 6.18. The van der Waals surface area contributed by atoms with Gasteiger partial charge in [-0.2, -0.15) is 0 Å². The average molecular weight is 458 g/mol. The fourth-order valence-electron chi connectivity index (χ4n) is 4.29. The van der Waals surface area contributed by atoms with Crippen molar-refractivity contribution in [3.63, 3.8) is 0 Å². The molecule has 0 saturated carbocycles. The van der Waals surface area contributed by atoms with E-state index in [9.17, 15) is 14.4 Å². The van der Waals surface area contributed by atoms with Gasteiger partial charge in [0.25, 0.3) is 0 Å². The number of amides is 4. The molecule has 0 aliphatic carbocycles. The molecule has 4 amide bonds. The molecule has 33 heavy (non-hydrogen) atoms. The van der Waals surface area contributed by atoms with Crippen LogP contribution in [0.3, 0.4) is 0 Å². The Labute approximate surface area is 195 Å². The van der Waals surface area contributed by atoms with Gasteiger partial charge in [-0.3, -0.25) is 9.80 Å². The van der Waals surface area contributed by atoms with Gasteiger partial charge in [0.05, 0.1) is 18.2 Å². The minimum atomic E-state index is -0.584. The summed E-state index contributed by atoms with van der Waals surface area (Å²) in [5.41, 5.74) is 4.02. The van der Waals surface area contributed by atoms with Crippen molar-refractivity contribution in [2.75, 3.05) is 52.9 Å². The second kappa shape index (κ2) is 10.7. The number of esters is 1. The van der Waals surface area contributed by atoms with Crippen LogP contribution in [0, 0.1) is 13.8 Å². The summed E-state index contributed by atoms with van der Waals surface area (Å²) < 4.78 is 5.43. The zero-order valence-electron chi connectivity index (χ0n) is 20.2. The van der Waals surface area contributed by atoms with E-state index >= 15 is 0 Å². The van der Waals surface area contributed by atoms with Crippen LogP contribution in [0.5, 0.6) is 0 Å². The summed E-state index contributed by atoms with van der Waals surface area (Å²) in [4.78, 5) is 43.7. The van der Waals surface area contributed by atoms with Gasteiger partial charge >= 0.3 is 18.0 Å². The van der Waals surface area contributed by atoms with Gasteiger partial charge in [0.15, 0.2) is 0 Å². The van der Waals surface area contributed by atoms with Gasteiger partial charge in [-0.05, 0) is 38.8 Å². The number of hydrogen-bond donors (Lipinski definition) is 2. The normalized spacial score (nSPS) is 19.4. The summed E-state index contributed by atoms with van der Waals surface area (Å²) in [5, 5.41) is 5.82. The number of rotatable bonds is 6. The number of carbonyl (C=O) groups excluding carboxylic acids is 3. The lowest BCUT2D eigenvalue weighted by Crippen LogP contribution is -2.54. The van der Waals surface area contributed by atoms with Gasteiger partial charge in [-0.25, -0.2) is 14.4 Å². The molecule has 1 atom stereocenters. The molecular weight excluding hydrogens is 422 g/mol. The van der Waals surface area contributed by atoms with Crippen LogP contribution in [0.15, 0.2) is 29.5 Å². The highest BCUT2D eigenvalue weighted by atomic mass is 16.5. The number of urea groups is 2. The summed E-state index contributed by atoms with van der Waals surface area (Å²) in [7, 11) is 1.67. The predicted octanol–water partition coefficient (Wildman–Crippen LogP) is 2.16. The quantitative estimate of drug-likeness (QED) is 0.639. The van der Waals surface area contributed by atoms with Gasteiger partial charge in [0, 0.05) is 52.0 Å². The number of nitrogens with one attached hydrogen (secondary N) is 2. The Balaban J connectivity index is 1.93. The first-order valence-electron chi connectivity index (χ1n) is 11.5. The summed E-state index contributed by atoms with van der Waals surface area (Å²) in [6.45, 7) is 11.4. The number of benzene rings is 1. The van der Waals surface area contributed by atoms with Crippen LogP contribution in [0.2, 0.25) is 0 Å². The highest BCUT2D eigenvalue weighted by Gasteiger charge is 2.38. The SMILES string of the molecule is CCNC(=O)N1CCN(CC2=C(C(=O)OCC)C(c3cc(C)ccc3C)NC(=O)N2C)CC1. The Morgan fingerprint density at radius 3 is 2.48 bits per heavy atom. The molecular formula is C24H35N5O4. The van der Waals surface area contributed by atoms with Crippen LogP contribution in [0.1, 0.15) is 36.6 Å². The average Bonchev–Trinajstić information content (AvgIpc) is 2.79. The van der Waals surface area contributed by atoms with E-state index in [4.69, 9.17) is 4.74 Å². The molecule has 3 rings (SSSR count). The predicted molar refractivity (Wildman–Crippen MR) is 126 cm³/mol. The van der Waals surface area contributed by atoms with Gasteiger partial charge in [-0.15, -0.1) is 0 Å². The Morgan fingerprint density at radius 2 is 1.85 bits per heavy atom. The molecule has 1 aromatic rings. The second-order valence-corrected chi connectivity index (χ2v) is 8.48. The van der Waals surface area contributed by atoms with Crippen LogP contribution < -0.4 is 10.6 Å². The first-order chi connectivity index (χ1) is 15.8. The van der Waals surface area contributed by atoms with Crippen molar-refractivity contribution in [1.82, 2.24) is 25.3 Å². The van der Waals surface area contributed by atoms with E-state index in [1.54, 1.807) is 18.9 Å². The summed E-state index contributed by atoms with van der Waals surface area (Å²) in [6.07, 6.45) is 0. The van der Waals surface area contributed by atoms with Gasteiger partial charge < -0.3 is 20.3 Å². The third-order valence-corrected chi connectivity index (χ3v) is 6.18. The zero-order valence-corrected chi connectivity index (χ0v) is 20.2. The number of nitrogens with zero attached hydrogens (tertiary/aromatic N) is 3. The van der Waals surface area contributed by atoms with Crippen LogP contribution in [0.25, 0.3) is 0 Å². The number of hydrogen-bond acceptors (Lipinski definition) is 5. The highest BCUT2D eigenvalue weighted by Crippen LogP contribution is 2.33. The van der Waals surface area contributed by atoms with E-state index in [2.05, 4.69) is 15.5 Å². The molecule has 2 heterocycles. The maximum absolute atomic E-state index is 13.2. The molecule has 9 nitrogen and oxygen atoms in total. The van der Waals surface area contributed by atoms with Crippen molar-refractivity contribution in [2.24, 2.45) is 0 Å². The maximum atomic E-state index is 13.2. The molecule has 2 aliphatic rings. The van der Waals surface area contributed by atoms with Crippen molar-refractivity contribution in [3.8, 4) is 0 Å². The molecule has 1 saturated heterocycles. The van der Waals surface area contributed by atoms with Crippen molar-refractivity contribution in [2.45, 2.75) is 33.7 Å². The molecule has 1 fully saturated rings. The van der Waals surface area contributed by atoms with E-state index in [-0.39, 0.29) is 18.7 Å². The minimum Gasteiger partial charge on any atom is -0.463 e. The molecule has 0 aromatic heterocycles. The van der Waals surface area contributed by atoms with Crippen LogP contribution in [-0.4, -0.2) is 85.7 Å². The Bertz CT molecular complexity index is 937. The minimum absolute atomic E-state index is 0.0623. The van der Waals surface area contributed by atoms with Crippen molar-refractivity contribution in [3.05, 3.63) is 46.2 Å². The molecule has 1 aromatic carbocycles. The molecule has 2 N–H and O–H groups in total. The molecule has 2 aliphatic heterocycles. The Kier molecular flexibility index (Phi) is 7.97. The maximum Gasteiger partial charge on any atom is 0.338 e. The fraction of sp³-hybridized carbons (Fsp3) is 0.542. The summed E-state index contributed by atoms with van der Waals surface area (Å²) in [5.74, 6) is -0.425. The van der Waals surface area contributed by atoms with Crippen molar-refractivity contribution >= 4 is 18.0 Å². The molecule has 180 valence electrons. The second-order valence-electron chi connectivity index (χ2n) is 8.48. The monoisotopic (exact) mass is 457 g/mol.